The maximum atomic E-state index is 6.11. The normalized spacial score (nSPS) is 27.2. The van der Waals surface area contributed by atoms with Gasteiger partial charge in [0.05, 0.1) is 6.54 Å². The number of hydrogen-bond acceptors (Lipinski definition) is 7. The van der Waals surface area contributed by atoms with E-state index in [0.29, 0.717) is 17.0 Å². The molecule has 2 aromatic heterocycles. The van der Waals surface area contributed by atoms with Gasteiger partial charge in [0, 0.05) is 40.9 Å². The molecule has 2 aliphatic heterocycles. The lowest BCUT2D eigenvalue weighted by molar-refractivity contribution is 0.395. The minimum absolute atomic E-state index is 0. The van der Waals surface area contributed by atoms with Crippen molar-refractivity contribution in [2.45, 2.75) is 24.3 Å². The molecule has 140 valence electrons. The van der Waals surface area contributed by atoms with Crippen molar-refractivity contribution in [3.63, 3.8) is 0 Å². The molecule has 0 amide bonds. The number of aliphatic imine (C=N–C) groups is 1. The van der Waals surface area contributed by atoms with Gasteiger partial charge in [0.15, 0.2) is 5.17 Å². The van der Waals surface area contributed by atoms with E-state index < -0.39 is 0 Å². The second-order valence-corrected chi connectivity index (χ2v) is 8.78. The van der Waals surface area contributed by atoms with E-state index in [-0.39, 0.29) is 30.4 Å². The second kappa shape index (κ2) is 7.54. The predicted octanol–water partition coefficient (Wildman–Crippen LogP) is 3.65. The average Bonchev–Trinajstić information content (AvgIpc) is 3.15. The highest BCUT2D eigenvalue weighted by Gasteiger charge is 2.51. The summed E-state index contributed by atoms with van der Waals surface area (Å²) in [7, 11) is 0. The zero-order chi connectivity index (χ0) is 16.1. The Morgan fingerprint density at radius 2 is 2.08 bits per heavy atom. The van der Waals surface area contributed by atoms with Crippen molar-refractivity contribution < 1.29 is 0 Å². The molecule has 4 heterocycles. The number of aromatic nitrogens is 2. The SMILES string of the molecule is Cl.Cl.NC1=N[C@@]2(c3cccs3)CN(c3nccc(C4CC4)n3)C[C@H]2CS1. The highest BCUT2D eigenvalue weighted by atomic mass is 35.5. The molecule has 2 fully saturated rings. The number of hydrogen-bond donors (Lipinski definition) is 1. The number of thioether (sulfide) groups is 1. The van der Waals surface area contributed by atoms with E-state index in [2.05, 4.69) is 33.5 Å². The smallest absolute Gasteiger partial charge is 0.225 e. The van der Waals surface area contributed by atoms with E-state index in [1.807, 2.05) is 6.20 Å². The predicted molar refractivity (Wildman–Crippen MR) is 114 cm³/mol. The molecule has 1 aliphatic carbocycles. The van der Waals surface area contributed by atoms with E-state index in [9.17, 15) is 0 Å². The van der Waals surface area contributed by atoms with E-state index in [4.69, 9.17) is 15.7 Å². The molecule has 1 saturated carbocycles. The van der Waals surface area contributed by atoms with Crippen molar-refractivity contribution in [2.24, 2.45) is 16.6 Å². The monoisotopic (exact) mass is 429 g/mol. The van der Waals surface area contributed by atoms with Gasteiger partial charge in [0.2, 0.25) is 5.95 Å². The first kappa shape index (κ1) is 19.7. The lowest BCUT2D eigenvalue weighted by atomic mass is 9.87. The summed E-state index contributed by atoms with van der Waals surface area (Å²) in [4.78, 5) is 17.9. The lowest BCUT2D eigenvalue weighted by Crippen LogP contribution is -2.39. The van der Waals surface area contributed by atoms with Crippen LogP contribution in [0.5, 0.6) is 0 Å². The molecule has 0 unspecified atom stereocenters. The van der Waals surface area contributed by atoms with Crippen LogP contribution in [0.2, 0.25) is 0 Å². The summed E-state index contributed by atoms with van der Waals surface area (Å²) in [6, 6.07) is 6.35. The number of nitrogens with two attached hydrogens (primary N) is 1. The van der Waals surface area contributed by atoms with Crippen LogP contribution in [-0.4, -0.2) is 34.0 Å². The highest BCUT2D eigenvalue weighted by molar-refractivity contribution is 8.13. The summed E-state index contributed by atoms with van der Waals surface area (Å²) in [5.41, 5.74) is 7.06. The molecular weight excluding hydrogens is 409 g/mol. The summed E-state index contributed by atoms with van der Waals surface area (Å²) < 4.78 is 0. The molecular formula is C17H21Cl2N5S2. The van der Waals surface area contributed by atoms with Gasteiger partial charge < -0.3 is 10.6 Å². The Hall–Kier alpha value is -1.02. The molecule has 0 spiro atoms. The van der Waals surface area contributed by atoms with Crippen LogP contribution < -0.4 is 10.6 Å². The van der Waals surface area contributed by atoms with Gasteiger partial charge in [-0.05, 0) is 30.4 Å². The summed E-state index contributed by atoms with van der Waals surface area (Å²) in [5.74, 6) is 2.95. The molecule has 1 saturated heterocycles. The minimum atomic E-state index is -0.234. The summed E-state index contributed by atoms with van der Waals surface area (Å²) in [5, 5.41) is 2.83. The zero-order valence-corrected chi connectivity index (χ0v) is 17.3. The third-order valence-electron chi connectivity index (χ3n) is 5.18. The van der Waals surface area contributed by atoms with E-state index in [1.165, 1.54) is 23.4 Å². The Morgan fingerprint density at radius 1 is 1.23 bits per heavy atom. The molecule has 2 N–H and O–H groups in total. The van der Waals surface area contributed by atoms with Gasteiger partial charge >= 0.3 is 0 Å². The Bertz CT molecular complexity index is 796. The van der Waals surface area contributed by atoms with E-state index >= 15 is 0 Å². The average molecular weight is 430 g/mol. The van der Waals surface area contributed by atoms with Crippen LogP contribution in [-0.2, 0) is 5.54 Å². The van der Waals surface area contributed by atoms with Crippen LogP contribution in [0.4, 0.5) is 5.95 Å². The summed E-state index contributed by atoms with van der Waals surface area (Å²) in [6.07, 6.45) is 4.42. The number of nitrogens with zero attached hydrogens (tertiary/aromatic N) is 4. The molecule has 9 heteroatoms. The third kappa shape index (κ3) is 3.30. The molecule has 2 atom stereocenters. The van der Waals surface area contributed by atoms with Gasteiger partial charge in [-0.2, -0.15) is 0 Å². The fraction of sp³-hybridized carbons (Fsp3) is 0.471. The van der Waals surface area contributed by atoms with Crippen molar-refractivity contribution in [3.8, 4) is 0 Å². The number of anilines is 1. The molecule has 5 nitrogen and oxygen atoms in total. The maximum absolute atomic E-state index is 6.11. The van der Waals surface area contributed by atoms with Crippen LogP contribution in [0.15, 0.2) is 34.8 Å². The highest BCUT2D eigenvalue weighted by Crippen LogP contribution is 2.47. The fourth-order valence-electron chi connectivity index (χ4n) is 3.77. The minimum Gasteiger partial charge on any atom is -0.379 e. The summed E-state index contributed by atoms with van der Waals surface area (Å²) in [6.45, 7) is 1.75. The zero-order valence-electron chi connectivity index (χ0n) is 14.1. The van der Waals surface area contributed by atoms with Gasteiger partial charge in [-0.25, -0.2) is 15.0 Å². The molecule has 3 aliphatic rings. The maximum Gasteiger partial charge on any atom is 0.225 e. The lowest BCUT2D eigenvalue weighted by Gasteiger charge is -2.33. The number of halogens is 2. The van der Waals surface area contributed by atoms with Crippen molar-refractivity contribution in [2.75, 3.05) is 23.7 Å². The van der Waals surface area contributed by atoms with Gasteiger partial charge in [0.25, 0.3) is 0 Å². The molecule has 2 aromatic rings. The molecule has 0 aromatic carbocycles. The first-order chi connectivity index (χ1) is 11.7. The number of rotatable bonds is 3. The fourth-order valence-corrected chi connectivity index (χ4v) is 5.69. The number of thiophene rings is 1. The van der Waals surface area contributed by atoms with Crippen LogP contribution in [0.3, 0.4) is 0 Å². The van der Waals surface area contributed by atoms with E-state index in [1.54, 1.807) is 23.1 Å². The third-order valence-corrected chi connectivity index (χ3v) is 7.17. The standard InChI is InChI=1S/C17H19N5S2.2ClH/c18-15-21-17(14-2-1-7-23-14)10-22(8-12(17)9-24-15)16-19-6-5-13(20-16)11-3-4-11;;/h1-2,5-7,11-12H,3-4,8-10H2,(H2,18,21);2*1H/t12-,17-;;/m0../s1. The van der Waals surface area contributed by atoms with Gasteiger partial charge in [-0.15, -0.1) is 36.2 Å². The molecule has 5 rings (SSSR count). The van der Waals surface area contributed by atoms with E-state index in [0.717, 1.165) is 24.8 Å². The molecule has 0 radical (unpaired) electrons. The van der Waals surface area contributed by atoms with Crippen LogP contribution in [0, 0.1) is 5.92 Å². The van der Waals surface area contributed by atoms with Gasteiger partial charge in [0.1, 0.15) is 5.54 Å². The van der Waals surface area contributed by atoms with Crippen molar-refractivity contribution in [1.82, 2.24) is 9.97 Å². The Labute approximate surface area is 173 Å². The first-order valence-electron chi connectivity index (χ1n) is 8.34. The first-order valence-corrected chi connectivity index (χ1v) is 10.2. The Balaban J connectivity index is 0.000000980. The van der Waals surface area contributed by atoms with Crippen LogP contribution in [0.25, 0.3) is 0 Å². The molecule has 26 heavy (non-hydrogen) atoms. The largest absolute Gasteiger partial charge is 0.379 e. The Morgan fingerprint density at radius 3 is 2.81 bits per heavy atom. The van der Waals surface area contributed by atoms with Crippen molar-refractivity contribution in [1.29, 1.82) is 0 Å². The van der Waals surface area contributed by atoms with Crippen molar-refractivity contribution in [3.05, 3.63) is 40.3 Å². The van der Waals surface area contributed by atoms with Crippen LogP contribution >= 0.6 is 47.9 Å². The van der Waals surface area contributed by atoms with Gasteiger partial charge in [-0.3, -0.25) is 0 Å². The quantitative estimate of drug-likeness (QED) is 0.805. The number of amidine groups is 1. The summed E-state index contributed by atoms with van der Waals surface area (Å²) >= 11 is 3.45. The van der Waals surface area contributed by atoms with Crippen molar-refractivity contribution >= 4 is 59.0 Å². The second-order valence-electron chi connectivity index (χ2n) is 6.80. The van der Waals surface area contributed by atoms with Crippen LogP contribution in [0.1, 0.15) is 29.3 Å². The number of fused-ring (bicyclic) bond motifs is 1. The topological polar surface area (TPSA) is 67.4 Å². The Kier molecular flexibility index (Phi) is 5.72. The molecule has 0 bridgehead atoms. The van der Waals surface area contributed by atoms with Gasteiger partial charge in [-0.1, -0.05) is 17.8 Å².